The SMILES string of the molecule is Cc1cc(NC(=O)CSc2nc(=O)n(CC[NH+](C)C)c3c2CCC3)no1. The number of anilines is 1. The Bertz CT molecular complexity index is 859. The van der Waals surface area contributed by atoms with Crippen molar-refractivity contribution in [3.8, 4) is 0 Å². The molecule has 0 saturated carbocycles. The molecular formula is C17H24N5O3S+. The number of thioether (sulfide) groups is 1. The van der Waals surface area contributed by atoms with Gasteiger partial charge in [0.1, 0.15) is 10.8 Å². The van der Waals surface area contributed by atoms with Gasteiger partial charge in [-0.25, -0.2) is 4.79 Å². The van der Waals surface area contributed by atoms with Crippen LogP contribution in [0.5, 0.6) is 0 Å². The zero-order chi connectivity index (χ0) is 18.7. The van der Waals surface area contributed by atoms with Crippen molar-refractivity contribution in [1.82, 2.24) is 14.7 Å². The number of likely N-dealkylation sites (N-methyl/N-ethyl adjacent to an activating group) is 1. The Balaban J connectivity index is 1.70. The van der Waals surface area contributed by atoms with Crippen LogP contribution in [0.25, 0.3) is 0 Å². The van der Waals surface area contributed by atoms with Gasteiger partial charge in [-0.3, -0.25) is 9.36 Å². The Labute approximate surface area is 156 Å². The Morgan fingerprint density at radius 3 is 2.92 bits per heavy atom. The molecule has 140 valence electrons. The standard InChI is InChI=1S/C17H23N5O3S/c1-11-9-14(20-25-11)18-15(23)10-26-16-12-5-4-6-13(12)22(17(24)19-16)8-7-21(2)3/h9H,4-8,10H2,1-3H3,(H,18,20,23)/p+1. The smallest absolute Gasteiger partial charge is 0.349 e. The van der Waals surface area contributed by atoms with Gasteiger partial charge in [0.25, 0.3) is 0 Å². The maximum atomic E-state index is 12.5. The van der Waals surface area contributed by atoms with E-state index in [1.165, 1.54) is 16.7 Å². The summed E-state index contributed by atoms with van der Waals surface area (Å²) >= 11 is 1.31. The van der Waals surface area contributed by atoms with E-state index in [1.807, 2.05) is 0 Å². The number of aryl methyl sites for hydroxylation is 1. The van der Waals surface area contributed by atoms with E-state index in [-0.39, 0.29) is 17.3 Å². The minimum Gasteiger partial charge on any atom is -0.360 e. The molecule has 2 aromatic rings. The molecule has 9 heteroatoms. The summed E-state index contributed by atoms with van der Waals surface area (Å²) in [6.45, 7) is 3.31. The van der Waals surface area contributed by atoms with Gasteiger partial charge in [-0.1, -0.05) is 16.9 Å². The average Bonchev–Trinajstić information content (AvgIpc) is 3.21. The van der Waals surface area contributed by atoms with Gasteiger partial charge in [-0.2, -0.15) is 4.98 Å². The first-order chi connectivity index (χ1) is 12.4. The molecule has 1 amide bonds. The molecular weight excluding hydrogens is 354 g/mol. The van der Waals surface area contributed by atoms with Gasteiger partial charge >= 0.3 is 5.69 Å². The Morgan fingerprint density at radius 2 is 2.23 bits per heavy atom. The molecule has 0 atom stereocenters. The second kappa shape index (κ2) is 8.05. The molecule has 2 aromatic heterocycles. The number of carbonyl (C=O) groups excluding carboxylic acids is 1. The molecule has 2 heterocycles. The third kappa shape index (κ3) is 4.34. The highest BCUT2D eigenvalue weighted by atomic mass is 32.2. The van der Waals surface area contributed by atoms with E-state index >= 15 is 0 Å². The van der Waals surface area contributed by atoms with Gasteiger partial charge in [0.2, 0.25) is 5.91 Å². The number of nitrogens with zero attached hydrogens (tertiary/aromatic N) is 3. The molecule has 0 saturated heterocycles. The van der Waals surface area contributed by atoms with E-state index in [0.29, 0.717) is 23.1 Å². The van der Waals surface area contributed by atoms with Gasteiger partial charge in [0, 0.05) is 17.3 Å². The van der Waals surface area contributed by atoms with Gasteiger partial charge in [-0.05, 0) is 26.2 Å². The van der Waals surface area contributed by atoms with Crippen LogP contribution in [0.1, 0.15) is 23.4 Å². The van der Waals surface area contributed by atoms with Crippen LogP contribution in [0.15, 0.2) is 20.4 Å². The minimum absolute atomic E-state index is 0.177. The molecule has 0 aliphatic heterocycles. The largest absolute Gasteiger partial charge is 0.360 e. The molecule has 0 unspecified atom stereocenters. The number of quaternary nitrogens is 1. The van der Waals surface area contributed by atoms with Crippen molar-refractivity contribution < 1.29 is 14.2 Å². The van der Waals surface area contributed by atoms with Crippen molar-refractivity contribution >= 4 is 23.5 Å². The van der Waals surface area contributed by atoms with Crippen LogP contribution in [0.4, 0.5) is 5.82 Å². The summed E-state index contributed by atoms with van der Waals surface area (Å²) in [4.78, 5) is 30.1. The zero-order valence-corrected chi connectivity index (χ0v) is 16.1. The summed E-state index contributed by atoms with van der Waals surface area (Å²) in [6, 6.07) is 1.66. The number of hydrogen-bond donors (Lipinski definition) is 2. The lowest BCUT2D eigenvalue weighted by Crippen LogP contribution is -3.06. The maximum absolute atomic E-state index is 12.5. The lowest BCUT2D eigenvalue weighted by Gasteiger charge is -2.15. The number of fused-ring (bicyclic) bond motifs is 1. The first-order valence-electron chi connectivity index (χ1n) is 8.71. The molecule has 0 bridgehead atoms. The highest BCUT2D eigenvalue weighted by Gasteiger charge is 2.22. The Kier molecular flexibility index (Phi) is 5.77. The van der Waals surface area contributed by atoms with Gasteiger partial charge in [0.15, 0.2) is 5.82 Å². The second-order valence-electron chi connectivity index (χ2n) is 6.75. The van der Waals surface area contributed by atoms with Crippen molar-refractivity contribution in [2.24, 2.45) is 0 Å². The summed E-state index contributed by atoms with van der Waals surface area (Å²) in [5.74, 6) is 1.01. The van der Waals surface area contributed by atoms with E-state index in [0.717, 1.165) is 37.1 Å². The van der Waals surface area contributed by atoms with E-state index in [2.05, 4.69) is 29.6 Å². The zero-order valence-electron chi connectivity index (χ0n) is 15.3. The third-order valence-electron chi connectivity index (χ3n) is 4.27. The molecule has 3 rings (SSSR count). The van der Waals surface area contributed by atoms with Crippen molar-refractivity contribution in [2.75, 3.05) is 31.7 Å². The first-order valence-corrected chi connectivity index (χ1v) is 9.70. The molecule has 0 aromatic carbocycles. The molecule has 26 heavy (non-hydrogen) atoms. The lowest BCUT2D eigenvalue weighted by molar-refractivity contribution is -0.859. The molecule has 8 nitrogen and oxygen atoms in total. The first kappa shape index (κ1) is 18.7. The number of rotatable bonds is 7. The summed E-state index contributed by atoms with van der Waals surface area (Å²) < 4.78 is 6.73. The van der Waals surface area contributed by atoms with E-state index in [1.54, 1.807) is 17.6 Å². The average molecular weight is 378 g/mol. The summed E-state index contributed by atoms with van der Waals surface area (Å²) in [5, 5.41) is 7.11. The highest BCUT2D eigenvalue weighted by molar-refractivity contribution is 8.00. The number of aromatic nitrogens is 3. The van der Waals surface area contributed by atoms with Crippen LogP contribution in [0, 0.1) is 6.92 Å². The molecule has 1 aliphatic rings. The predicted molar refractivity (Wildman–Crippen MR) is 98.8 cm³/mol. The van der Waals surface area contributed by atoms with Gasteiger partial charge in [-0.15, -0.1) is 0 Å². The number of hydrogen-bond acceptors (Lipinski definition) is 6. The summed E-state index contributed by atoms with van der Waals surface area (Å²) in [5.41, 5.74) is 1.98. The lowest BCUT2D eigenvalue weighted by atomic mass is 10.2. The van der Waals surface area contributed by atoms with Crippen molar-refractivity contribution in [2.45, 2.75) is 37.8 Å². The quantitative estimate of drug-likeness (QED) is 0.516. The second-order valence-corrected chi connectivity index (χ2v) is 7.71. The molecule has 0 fully saturated rings. The van der Waals surface area contributed by atoms with Crippen LogP contribution < -0.4 is 15.9 Å². The third-order valence-corrected chi connectivity index (χ3v) is 5.29. The molecule has 0 radical (unpaired) electrons. The number of amides is 1. The van der Waals surface area contributed by atoms with E-state index < -0.39 is 0 Å². The van der Waals surface area contributed by atoms with Crippen LogP contribution in [0.3, 0.4) is 0 Å². The highest BCUT2D eigenvalue weighted by Crippen LogP contribution is 2.29. The summed E-state index contributed by atoms with van der Waals surface area (Å²) in [7, 11) is 4.13. The van der Waals surface area contributed by atoms with E-state index in [9.17, 15) is 9.59 Å². The van der Waals surface area contributed by atoms with Crippen LogP contribution >= 0.6 is 11.8 Å². The van der Waals surface area contributed by atoms with Gasteiger partial charge in [0.05, 0.1) is 32.9 Å². The fraction of sp³-hybridized carbons (Fsp3) is 0.529. The minimum atomic E-state index is -0.220. The Morgan fingerprint density at radius 1 is 1.42 bits per heavy atom. The topological polar surface area (TPSA) is 94.5 Å². The van der Waals surface area contributed by atoms with Gasteiger partial charge < -0.3 is 14.7 Å². The molecule has 1 aliphatic carbocycles. The molecule has 2 N–H and O–H groups in total. The fourth-order valence-corrected chi connectivity index (χ4v) is 3.89. The predicted octanol–water partition coefficient (Wildman–Crippen LogP) is -0.0963. The van der Waals surface area contributed by atoms with Crippen molar-refractivity contribution in [3.05, 3.63) is 33.6 Å². The number of carbonyl (C=O) groups is 1. The normalized spacial score (nSPS) is 13.2. The Hall–Kier alpha value is -2.13. The monoisotopic (exact) mass is 378 g/mol. The van der Waals surface area contributed by atoms with Crippen molar-refractivity contribution in [1.29, 1.82) is 0 Å². The fourth-order valence-electron chi connectivity index (χ4n) is 3.01. The molecule has 0 spiro atoms. The number of nitrogens with one attached hydrogen (secondary N) is 2. The van der Waals surface area contributed by atoms with E-state index in [4.69, 9.17) is 4.52 Å². The van der Waals surface area contributed by atoms with Crippen LogP contribution in [-0.2, 0) is 24.2 Å². The van der Waals surface area contributed by atoms with Crippen molar-refractivity contribution in [3.63, 3.8) is 0 Å². The summed E-state index contributed by atoms with van der Waals surface area (Å²) in [6.07, 6.45) is 2.82. The van der Waals surface area contributed by atoms with Crippen LogP contribution in [-0.4, -0.2) is 47.0 Å². The van der Waals surface area contributed by atoms with Crippen LogP contribution in [0.2, 0.25) is 0 Å². The maximum Gasteiger partial charge on any atom is 0.349 e.